The van der Waals surface area contributed by atoms with Crippen molar-refractivity contribution in [2.45, 2.75) is 26.4 Å². The Bertz CT molecular complexity index is 856. The fourth-order valence-corrected chi connectivity index (χ4v) is 3.92. The van der Waals surface area contributed by atoms with Crippen molar-refractivity contribution in [3.63, 3.8) is 0 Å². The van der Waals surface area contributed by atoms with Gasteiger partial charge < -0.3 is 10.1 Å². The average molecular weight is 376 g/mol. The quantitative estimate of drug-likeness (QED) is 0.627. The second-order valence-corrected chi connectivity index (χ2v) is 7.35. The van der Waals surface area contributed by atoms with Crippen molar-refractivity contribution in [1.82, 2.24) is 5.32 Å². The smallest absolute Gasteiger partial charge is 0.243 e. The van der Waals surface area contributed by atoms with Crippen LogP contribution in [0.15, 0.2) is 36.4 Å². The molecule has 0 fully saturated rings. The van der Waals surface area contributed by atoms with Crippen LogP contribution in [0.5, 0.6) is 5.75 Å². The highest BCUT2D eigenvalue weighted by Crippen LogP contribution is 2.41. The maximum Gasteiger partial charge on any atom is 0.243 e. The molecule has 0 bridgehead atoms. The number of benzene rings is 1. The van der Waals surface area contributed by atoms with E-state index in [0.717, 1.165) is 20.9 Å². The normalized spacial score (nSPS) is 15.9. The van der Waals surface area contributed by atoms with Crippen molar-refractivity contribution in [2.75, 3.05) is 6.54 Å². The second kappa shape index (κ2) is 7.42. The Hall–Kier alpha value is -2.11. The van der Waals surface area contributed by atoms with Crippen molar-refractivity contribution >= 4 is 34.6 Å². The molecule has 130 valence electrons. The first-order chi connectivity index (χ1) is 12.0. The predicted molar refractivity (Wildman–Crippen MR) is 101 cm³/mol. The SMILES string of the molecule is CC=CC(=O)NCC1Cc2cc(-c3ccc(C(C)=O)s3)cc(Cl)c2O1. The lowest BCUT2D eigenvalue weighted by atomic mass is 10.1. The number of thiophene rings is 1. The lowest BCUT2D eigenvalue weighted by molar-refractivity contribution is -0.116. The number of ketones is 1. The number of fused-ring (bicyclic) bond motifs is 1. The van der Waals surface area contributed by atoms with Crippen LogP contribution in [0.25, 0.3) is 10.4 Å². The number of ether oxygens (including phenoxy) is 1. The molecule has 1 atom stereocenters. The van der Waals surface area contributed by atoms with Gasteiger partial charge >= 0.3 is 0 Å². The number of carbonyl (C=O) groups excluding carboxylic acids is 2. The summed E-state index contributed by atoms with van der Waals surface area (Å²) < 4.78 is 5.88. The summed E-state index contributed by atoms with van der Waals surface area (Å²) in [5.41, 5.74) is 1.99. The van der Waals surface area contributed by atoms with Crippen molar-refractivity contribution in [1.29, 1.82) is 0 Å². The Morgan fingerprint density at radius 2 is 2.20 bits per heavy atom. The van der Waals surface area contributed by atoms with Crippen LogP contribution in [0.1, 0.15) is 29.1 Å². The molecule has 0 saturated heterocycles. The van der Waals surface area contributed by atoms with Gasteiger partial charge in [0.25, 0.3) is 0 Å². The van der Waals surface area contributed by atoms with Crippen molar-refractivity contribution < 1.29 is 14.3 Å². The lowest BCUT2D eigenvalue weighted by Crippen LogP contribution is -2.33. The van der Waals surface area contributed by atoms with Crippen LogP contribution >= 0.6 is 22.9 Å². The first-order valence-corrected chi connectivity index (χ1v) is 9.18. The molecule has 1 aliphatic rings. The van der Waals surface area contributed by atoms with E-state index in [1.807, 2.05) is 24.3 Å². The van der Waals surface area contributed by atoms with E-state index in [-0.39, 0.29) is 17.8 Å². The van der Waals surface area contributed by atoms with Gasteiger partial charge in [-0.25, -0.2) is 0 Å². The number of allylic oxidation sites excluding steroid dienone is 1. The monoisotopic (exact) mass is 375 g/mol. The fourth-order valence-electron chi connectivity index (χ4n) is 2.75. The minimum atomic E-state index is -0.135. The third-order valence-corrected chi connectivity index (χ3v) is 5.43. The lowest BCUT2D eigenvalue weighted by Gasteiger charge is -2.11. The number of carbonyl (C=O) groups is 2. The Balaban J connectivity index is 1.76. The van der Waals surface area contributed by atoms with Gasteiger partial charge in [-0.2, -0.15) is 0 Å². The van der Waals surface area contributed by atoms with Crippen LogP contribution < -0.4 is 10.1 Å². The Morgan fingerprint density at radius 3 is 2.88 bits per heavy atom. The van der Waals surface area contributed by atoms with Gasteiger partial charge in [-0.3, -0.25) is 9.59 Å². The molecule has 1 amide bonds. The fraction of sp³-hybridized carbons (Fsp3) is 0.263. The molecular formula is C19H18ClNO3S. The number of amides is 1. The van der Waals surface area contributed by atoms with E-state index in [0.29, 0.717) is 23.7 Å². The standard InChI is InChI=1S/C19H18ClNO3S/c1-3-4-18(23)21-10-14-8-13-7-12(9-15(20)19(13)24-14)17-6-5-16(25-17)11(2)22/h3-7,9,14H,8,10H2,1-2H3,(H,21,23). The number of rotatable bonds is 5. The molecule has 0 aliphatic carbocycles. The largest absolute Gasteiger partial charge is 0.486 e. The number of nitrogens with one attached hydrogen (secondary N) is 1. The van der Waals surface area contributed by atoms with Crippen LogP contribution in [0.4, 0.5) is 0 Å². The zero-order chi connectivity index (χ0) is 18.0. The third-order valence-electron chi connectivity index (χ3n) is 3.91. The van der Waals surface area contributed by atoms with E-state index in [9.17, 15) is 9.59 Å². The van der Waals surface area contributed by atoms with Crippen molar-refractivity contribution in [3.05, 3.63) is 51.9 Å². The molecule has 1 aromatic heterocycles. The molecule has 0 spiro atoms. The van der Waals surface area contributed by atoms with Crippen molar-refractivity contribution in [2.24, 2.45) is 0 Å². The highest BCUT2D eigenvalue weighted by Gasteiger charge is 2.26. The topological polar surface area (TPSA) is 55.4 Å². The van der Waals surface area contributed by atoms with Gasteiger partial charge in [0.2, 0.25) is 5.91 Å². The van der Waals surface area contributed by atoms with Crippen LogP contribution in [-0.2, 0) is 11.2 Å². The number of hydrogen-bond donors (Lipinski definition) is 1. The molecule has 25 heavy (non-hydrogen) atoms. The summed E-state index contributed by atoms with van der Waals surface area (Å²) >= 11 is 7.84. The maximum atomic E-state index is 11.5. The van der Waals surface area contributed by atoms with E-state index in [4.69, 9.17) is 16.3 Å². The van der Waals surface area contributed by atoms with E-state index in [2.05, 4.69) is 5.32 Å². The molecule has 2 aromatic rings. The summed E-state index contributed by atoms with van der Waals surface area (Å²) in [6.45, 7) is 3.79. The summed E-state index contributed by atoms with van der Waals surface area (Å²) in [7, 11) is 0. The van der Waals surface area contributed by atoms with Crippen LogP contribution in [0.2, 0.25) is 5.02 Å². The minimum Gasteiger partial charge on any atom is -0.486 e. The summed E-state index contributed by atoms with van der Waals surface area (Å²) in [5.74, 6) is 0.604. The first kappa shape index (κ1) is 17.7. The molecule has 4 nitrogen and oxygen atoms in total. The number of hydrogen-bond acceptors (Lipinski definition) is 4. The van der Waals surface area contributed by atoms with Gasteiger partial charge in [0.15, 0.2) is 5.78 Å². The van der Waals surface area contributed by atoms with Gasteiger partial charge in [-0.15, -0.1) is 11.3 Å². The van der Waals surface area contributed by atoms with Crippen LogP contribution in [-0.4, -0.2) is 24.3 Å². The zero-order valence-electron chi connectivity index (χ0n) is 14.0. The highest BCUT2D eigenvalue weighted by atomic mass is 35.5. The minimum absolute atomic E-state index is 0.0591. The van der Waals surface area contributed by atoms with Gasteiger partial charge in [-0.05, 0) is 49.8 Å². The Morgan fingerprint density at radius 1 is 1.40 bits per heavy atom. The average Bonchev–Trinajstić information content (AvgIpc) is 3.20. The molecule has 1 aliphatic heterocycles. The van der Waals surface area contributed by atoms with E-state index in [1.165, 1.54) is 17.4 Å². The van der Waals surface area contributed by atoms with Gasteiger partial charge in [0, 0.05) is 16.9 Å². The first-order valence-electron chi connectivity index (χ1n) is 7.98. The summed E-state index contributed by atoms with van der Waals surface area (Å²) in [4.78, 5) is 24.7. The summed E-state index contributed by atoms with van der Waals surface area (Å²) in [6.07, 6.45) is 3.73. The maximum absolute atomic E-state index is 11.5. The number of halogens is 1. The van der Waals surface area contributed by atoms with Gasteiger partial charge in [0.05, 0.1) is 16.4 Å². The molecule has 1 unspecified atom stereocenters. The Kier molecular flexibility index (Phi) is 5.25. The van der Waals surface area contributed by atoms with E-state index in [1.54, 1.807) is 19.9 Å². The summed E-state index contributed by atoms with van der Waals surface area (Å²) in [5, 5.41) is 3.36. The molecule has 2 heterocycles. The molecule has 1 aromatic carbocycles. The molecule has 6 heteroatoms. The Labute approximate surface area is 155 Å². The molecule has 3 rings (SSSR count). The zero-order valence-corrected chi connectivity index (χ0v) is 15.5. The molecule has 1 N–H and O–H groups in total. The van der Waals surface area contributed by atoms with Crippen molar-refractivity contribution in [3.8, 4) is 16.2 Å². The van der Waals surface area contributed by atoms with Gasteiger partial charge in [0.1, 0.15) is 11.9 Å². The number of Topliss-reactive ketones (excluding diaryl/α,β-unsaturated/α-hetero) is 1. The van der Waals surface area contributed by atoms with Crippen LogP contribution in [0.3, 0.4) is 0 Å². The second-order valence-electron chi connectivity index (χ2n) is 5.86. The predicted octanol–water partition coefficient (Wildman–Crippen LogP) is 4.27. The molecule has 0 radical (unpaired) electrons. The molecular weight excluding hydrogens is 358 g/mol. The summed E-state index contributed by atoms with van der Waals surface area (Å²) in [6, 6.07) is 7.67. The van der Waals surface area contributed by atoms with E-state index >= 15 is 0 Å². The van der Waals surface area contributed by atoms with E-state index < -0.39 is 0 Å². The van der Waals surface area contributed by atoms with Crippen LogP contribution in [0, 0.1) is 0 Å². The molecule has 0 saturated carbocycles. The van der Waals surface area contributed by atoms with Gasteiger partial charge in [-0.1, -0.05) is 17.7 Å². The third kappa shape index (κ3) is 3.94. The highest BCUT2D eigenvalue weighted by molar-refractivity contribution is 7.17.